The molecule has 1 aromatic carbocycles. The van der Waals surface area contributed by atoms with Gasteiger partial charge in [0.05, 0.1) is 21.4 Å². The fourth-order valence-electron chi connectivity index (χ4n) is 0.602. The van der Waals surface area contributed by atoms with Crippen molar-refractivity contribution in [3.8, 4) is 0 Å². The largest absolute Gasteiger partial charge is 0.593 e. The van der Waals surface area contributed by atoms with Gasteiger partial charge in [0, 0.05) is 6.07 Å². The molecule has 0 fully saturated rings. The summed E-state index contributed by atoms with van der Waals surface area (Å²) in [5, 5.41) is 5.90. The number of rotatable bonds is 1. The van der Waals surface area contributed by atoms with E-state index in [2.05, 4.69) is 0 Å². The molecule has 1 rings (SSSR count). The lowest BCUT2D eigenvalue weighted by Gasteiger charge is -2.02. The molecule has 0 aliphatic rings. The molecule has 0 heterocycles. The van der Waals surface area contributed by atoms with Crippen LogP contribution < -0.4 is 5.14 Å². The number of hydrogen-bond donors (Lipinski definition) is 1. The summed E-state index contributed by atoms with van der Waals surface area (Å²) in [6.45, 7) is 0. The molecule has 5 heteroatoms. The van der Waals surface area contributed by atoms with Crippen LogP contribution >= 0.6 is 23.2 Å². The SMILES string of the molecule is N[S+]([O-])c1ccc(Cl)c(Cl)c1. The first kappa shape index (κ1) is 9.16. The maximum atomic E-state index is 10.7. The summed E-state index contributed by atoms with van der Waals surface area (Å²) in [4.78, 5) is 0.472. The Morgan fingerprint density at radius 2 is 1.91 bits per heavy atom. The molecular formula is C6H5Cl2NOS. The van der Waals surface area contributed by atoms with Gasteiger partial charge in [-0.25, -0.2) is 0 Å². The van der Waals surface area contributed by atoms with Gasteiger partial charge in [-0.3, -0.25) is 0 Å². The van der Waals surface area contributed by atoms with Crippen LogP contribution in [0.5, 0.6) is 0 Å². The molecule has 0 aliphatic heterocycles. The van der Waals surface area contributed by atoms with Crippen LogP contribution in [0.15, 0.2) is 23.1 Å². The summed E-state index contributed by atoms with van der Waals surface area (Å²) in [6.07, 6.45) is 0. The summed E-state index contributed by atoms with van der Waals surface area (Å²) in [7, 11) is 0. The molecule has 0 amide bonds. The quantitative estimate of drug-likeness (QED) is 0.720. The minimum Gasteiger partial charge on any atom is -0.593 e. The van der Waals surface area contributed by atoms with E-state index in [0.29, 0.717) is 14.9 Å². The molecule has 2 N–H and O–H groups in total. The molecule has 1 unspecified atom stereocenters. The molecule has 0 spiro atoms. The lowest BCUT2D eigenvalue weighted by Crippen LogP contribution is -2.11. The highest BCUT2D eigenvalue weighted by atomic mass is 35.5. The summed E-state index contributed by atoms with van der Waals surface area (Å²) in [5.41, 5.74) is 0. The molecule has 2 nitrogen and oxygen atoms in total. The Kier molecular flexibility index (Phi) is 3.04. The number of benzene rings is 1. The Bertz CT molecular complexity index is 267. The highest BCUT2D eigenvalue weighted by Crippen LogP contribution is 2.23. The van der Waals surface area contributed by atoms with Crippen molar-refractivity contribution in [1.29, 1.82) is 0 Å². The summed E-state index contributed by atoms with van der Waals surface area (Å²) in [6, 6.07) is 4.62. The van der Waals surface area contributed by atoms with E-state index in [1.165, 1.54) is 6.07 Å². The van der Waals surface area contributed by atoms with Gasteiger partial charge in [0.2, 0.25) is 0 Å². The Morgan fingerprint density at radius 1 is 1.27 bits per heavy atom. The van der Waals surface area contributed by atoms with E-state index < -0.39 is 11.4 Å². The van der Waals surface area contributed by atoms with Crippen molar-refractivity contribution in [3.05, 3.63) is 28.2 Å². The summed E-state index contributed by atoms with van der Waals surface area (Å²) >= 11 is 9.76. The zero-order valence-electron chi connectivity index (χ0n) is 5.38. The third kappa shape index (κ3) is 2.25. The average molecular weight is 210 g/mol. The van der Waals surface area contributed by atoms with Crippen molar-refractivity contribution in [1.82, 2.24) is 0 Å². The molecule has 0 aromatic heterocycles. The molecule has 0 saturated carbocycles. The highest BCUT2D eigenvalue weighted by Gasteiger charge is 2.07. The monoisotopic (exact) mass is 209 g/mol. The zero-order chi connectivity index (χ0) is 8.43. The Labute approximate surface area is 77.6 Å². The first-order valence-electron chi connectivity index (χ1n) is 2.72. The highest BCUT2D eigenvalue weighted by molar-refractivity contribution is 7.89. The van der Waals surface area contributed by atoms with Crippen LogP contribution in [0, 0.1) is 0 Å². The van der Waals surface area contributed by atoms with Crippen LogP contribution in [0.4, 0.5) is 0 Å². The van der Waals surface area contributed by atoms with E-state index in [4.69, 9.17) is 28.3 Å². The lowest BCUT2D eigenvalue weighted by atomic mass is 10.4. The van der Waals surface area contributed by atoms with E-state index in [9.17, 15) is 4.55 Å². The molecule has 11 heavy (non-hydrogen) atoms. The van der Waals surface area contributed by atoms with Gasteiger partial charge in [-0.05, 0) is 12.1 Å². The van der Waals surface area contributed by atoms with Gasteiger partial charge in [0.15, 0.2) is 4.90 Å². The van der Waals surface area contributed by atoms with Gasteiger partial charge in [0.25, 0.3) is 0 Å². The maximum absolute atomic E-state index is 10.7. The van der Waals surface area contributed by atoms with Gasteiger partial charge in [0.1, 0.15) is 0 Å². The molecule has 0 aliphatic carbocycles. The van der Waals surface area contributed by atoms with Crippen LogP contribution in [-0.4, -0.2) is 4.55 Å². The topological polar surface area (TPSA) is 49.1 Å². The standard InChI is InChI=1S/C6H5Cl2NOS/c7-5-2-1-4(11(9)10)3-6(5)8/h1-3H,9H2. The van der Waals surface area contributed by atoms with E-state index in [0.717, 1.165) is 0 Å². The molecule has 1 atom stereocenters. The Morgan fingerprint density at radius 3 is 2.36 bits per heavy atom. The van der Waals surface area contributed by atoms with Crippen LogP contribution in [0.3, 0.4) is 0 Å². The van der Waals surface area contributed by atoms with Crippen LogP contribution in [0.25, 0.3) is 0 Å². The van der Waals surface area contributed by atoms with E-state index in [-0.39, 0.29) is 0 Å². The summed E-state index contributed by atoms with van der Waals surface area (Å²) in [5.74, 6) is 0. The second kappa shape index (κ2) is 3.65. The minimum atomic E-state index is -1.49. The van der Waals surface area contributed by atoms with E-state index >= 15 is 0 Å². The third-order valence-corrected chi connectivity index (χ3v) is 2.58. The van der Waals surface area contributed by atoms with Crippen molar-refractivity contribution in [3.63, 3.8) is 0 Å². The predicted molar refractivity (Wildman–Crippen MR) is 47.1 cm³/mol. The molecular weight excluding hydrogens is 205 g/mol. The lowest BCUT2D eigenvalue weighted by molar-refractivity contribution is 0.597. The van der Waals surface area contributed by atoms with Crippen molar-refractivity contribution in [2.24, 2.45) is 5.14 Å². The number of halogens is 2. The molecule has 1 aromatic rings. The average Bonchev–Trinajstić information content (AvgIpc) is 1.94. The van der Waals surface area contributed by atoms with Crippen molar-refractivity contribution in [2.75, 3.05) is 0 Å². The second-order valence-electron chi connectivity index (χ2n) is 1.87. The summed E-state index contributed by atoms with van der Waals surface area (Å²) < 4.78 is 10.7. The van der Waals surface area contributed by atoms with Crippen molar-refractivity contribution >= 4 is 34.6 Å². The van der Waals surface area contributed by atoms with Gasteiger partial charge >= 0.3 is 0 Å². The maximum Gasteiger partial charge on any atom is 0.175 e. The van der Waals surface area contributed by atoms with Crippen LogP contribution in [-0.2, 0) is 11.4 Å². The van der Waals surface area contributed by atoms with E-state index in [1.807, 2.05) is 0 Å². The number of nitrogens with two attached hydrogens (primary N) is 1. The smallest absolute Gasteiger partial charge is 0.175 e. The molecule has 60 valence electrons. The minimum absolute atomic E-state index is 0.364. The Balaban J connectivity index is 3.05. The van der Waals surface area contributed by atoms with Gasteiger partial charge in [-0.15, -0.1) is 5.14 Å². The van der Waals surface area contributed by atoms with Crippen molar-refractivity contribution < 1.29 is 4.55 Å². The Hall–Kier alpha value is 0.0700. The van der Waals surface area contributed by atoms with E-state index in [1.54, 1.807) is 12.1 Å². The van der Waals surface area contributed by atoms with Crippen molar-refractivity contribution in [2.45, 2.75) is 4.90 Å². The molecule has 0 bridgehead atoms. The molecule has 0 saturated heterocycles. The van der Waals surface area contributed by atoms with Crippen LogP contribution in [0.2, 0.25) is 10.0 Å². The fourth-order valence-corrected chi connectivity index (χ4v) is 1.40. The zero-order valence-corrected chi connectivity index (χ0v) is 7.71. The second-order valence-corrected chi connectivity index (χ2v) is 3.75. The predicted octanol–water partition coefficient (Wildman–Crippen LogP) is 1.97. The van der Waals surface area contributed by atoms with Gasteiger partial charge < -0.3 is 4.55 Å². The fraction of sp³-hybridized carbons (Fsp3) is 0. The first-order chi connectivity index (χ1) is 5.11. The van der Waals surface area contributed by atoms with Gasteiger partial charge in [-0.1, -0.05) is 23.2 Å². The normalized spacial score (nSPS) is 13.1. The van der Waals surface area contributed by atoms with Gasteiger partial charge in [-0.2, -0.15) is 0 Å². The third-order valence-electron chi connectivity index (χ3n) is 1.12. The first-order valence-corrected chi connectivity index (χ1v) is 4.69. The number of hydrogen-bond acceptors (Lipinski definition) is 2. The molecule has 0 radical (unpaired) electrons. The van der Waals surface area contributed by atoms with Crippen LogP contribution in [0.1, 0.15) is 0 Å².